The van der Waals surface area contributed by atoms with Gasteiger partial charge in [-0.2, -0.15) is 0 Å². The maximum absolute atomic E-state index is 14.4. The molecular weight excluding hydrogens is 399 g/mol. The van der Waals surface area contributed by atoms with Crippen molar-refractivity contribution < 1.29 is 9.18 Å². The second-order valence-electron chi connectivity index (χ2n) is 8.04. The summed E-state index contributed by atoms with van der Waals surface area (Å²) in [4.78, 5) is 15.2. The highest BCUT2D eigenvalue weighted by atomic mass is 32.2. The predicted octanol–water partition coefficient (Wildman–Crippen LogP) is 4.88. The van der Waals surface area contributed by atoms with Crippen LogP contribution in [0.2, 0.25) is 0 Å². The topological polar surface area (TPSA) is 51.0 Å². The molecule has 1 aromatic heterocycles. The van der Waals surface area contributed by atoms with E-state index in [2.05, 4.69) is 23.2 Å². The molecule has 5 nitrogen and oxygen atoms in total. The molecule has 30 heavy (non-hydrogen) atoms. The molecule has 2 atom stereocenters. The fraction of sp³-hybridized carbons (Fsp3) is 0.348. The molecule has 1 fully saturated rings. The van der Waals surface area contributed by atoms with Crippen LogP contribution in [0.25, 0.3) is 11.4 Å². The van der Waals surface area contributed by atoms with Gasteiger partial charge in [0, 0.05) is 17.8 Å². The summed E-state index contributed by atoms with van der Waals surface area (Å²) in [6.07, 6.45) is 2.91. The van der Waals surface area contributed by atoms with Crippen molar-refractivity contribution in [2.24, 2.45) is 0 Å². The first-order chi connectivity index (χ1) is 14.5. The van der Waals surface area contributed by atoms with Gasteiger partial charge in [0.15, 0.2) is 11.0 Å². The molecule has 0 unspecified atom stereocenters. The van der Waals surface area contributed by atoms with Crippen LogP contribution >= 0.6 is 11.8 Å². The number of fused-ring (bicyclic) bond motifs is 1. The summed E-state index contributed by atoms with van der Waals surface area (Å²) in [5, 5.41) is 8.99. The van der Waals surface area contributed by atoms with Gasteiger partial charge in [-0.15, -0.1) is 10.2 Å². The number of aromatic nitrogens is 3. The molecule has 7 heteroatoms. The van der Waals surface area contributed by atoms with Crippen molar-refractivity contribution in [3.8, 4) is 11.4 Å². The molecule has 1 aliphatic carbocycles. The van der Waals surface area contributed by atoms with Gasteiger partial charge < -0.3 is 4.90 Å². The van der Waals surface area contributed by atoms with Crippen LogP contribution in [-0.4, -0.2) is 32.0 Å². The van der Waals surface area contributed by atoms with Crippen molar-refractivity contribution in [1.29, 1.82) is 0 Å². The van der Waals surface area contributed by atoms with E-state index in [0.717, 1.165) is 24.9 Å². The smallest absolute Gasteiger partial charge is 0.240 e. The van der Waals surface area contributed by atoms with Crippen molar-refractivity contribution >= 4 is 23.4 Å². The first kappa shape index (κ1) is 19.3. The number of thioether (sulfide) groups is 1. The fourth-order valence-corrected chi connectivity index (χ4v) is 5.12. The summed E-state index contributed by atoms with van der Waals surface area (Å²) >= 11 is 1.41. The van der Waals surface area contributed by atoms with Gasteiger partial charge in [0.1, 0.15) is 5.82 Å². The minimum atomic E-state index is -0.325. The molecule has 2 aromatic carbocycles. The van der Waals surface area contributed by atoms with Crippen LogP contribution in [0.15, 0.2) is 53.7 Å². The van der Waals surface area contributed by atoms with E-state index in [-0.39, 0.29) is 29.1 Å². The highest BCUT2D eigenvalue weighted by Gasteiger charge is 2.36. The van der Waals surface area contributed by atoms with Crippen molar-refractivity contribution in [3.05, 3.63) is 59.9 Å². The van der Waals surface area contributed by atoms with Gasteiger partial charge in [-0.25, -0.2) is 4.39 Å². The SMILES string of the molecule is C[C@@H](Sc1nnc(-c2ccccc2F)n1C1CC1)C(=O)N1c2ccccc2C[C@@H]1C. The molecule has 154 valence electrons. The first-order valence-electron chi connectivity index (χ1n) is 10.3. The first-order valence-corrected chi connectivity index (χ1v) is 11.2. The van der Waals surface area contributed by atoms with Gasteiger partial charge in [0.25, 0.3) is 0 Å². The minimum Gasteiger partial charge on any atom is -0.308 e. The Bertz CT molecular complexity index is 1110. The summed E-state index contributed by atoms with van der Waals surface area (Å²) in [5.74, 6) is 0.294. The summed E-state index contributed by atoms with van der Waals surface area (Å²) < 4.78 is 16.4. The second-order valence-corrected chi connectivity index (χ2v) is 9.35. The van der Waals surface area contributed by atoms with Crippen LogP contribution < -0.4 is 4.90 Å². The Labute approximate surface area is 179 Å². The summed E-state index contributed by atoms with van der Waals surface area (Å²) in [5.41, 5.74) is 2.65. The Balaban J connectivity index is 1.43. The van der Waals surface area contributed by atoms with E-state index < -0.39 is 0 Å². The normalized spacial score (nSPS) is 19.0. The number of hydrogen-bond donors (Lipinski definition) is 0. The van der Waals surface area contributed by atoms with Crippen LogP contribution in [0.4, 0.5) is 10.1 Å². The quantitative estimate of drug-likeness (QED) is 0.550. The van der Waals surface area contributed by atoms with Crippen LogP contribution in [0.5, 0.6) is 0 Å². The number of benzene rings is 2. The molecule has 3 aromatic rings. The molecular formula is C23H23FN4OS. The van der Waals surface area contributed by atoms with E-state index in [1.807, 2.05) is 34.6 Å². The minimum absolute atomic E-state index is 0.0650. The molecule has 0 spiro atoms. The zero-order valence-electron chi connectivity index (χ0n) is 17.0. The third kappa shape index (κ3) is 3.31. The lowest BCUT2D eigenvalue weighted by Crippen LogP contribution is -2.40. The molecule has 0 saturated heterocycles. The number of carbonyl (C=O) groups is 1. The molecule has 5 rings (SSSR count). The Morgan fingerprint density at radius 1 is 1.13 bits per heavy atom. The molecule has 1 aliphatic heterocycles. The maximum atomic E-state index is 14.4. The molecule has 1 saturated carbocycles. The van der Waals surface area contributed by atoms with Crippen molar-refractivity contribution in [2.75, 3.05) is 4.90 Å². The zero-order chi connectivity index (χ0) is 20.8. The third-order valence-corrected chi connectivity index (χ3v) is 6.81. The van der Waals surface area contributed by atoms with E-state index in [1.54, 1.807) is 18.2 Å². The van der Waals surface area contributed by atoms with E-state index >= 15 is 0 Å². The number of anilines is 1. The Kier molecular flexibility index (Phi) is 4.85. The highest BCUT2D eigenvalue weighted by molar-refractivity contribution is 8.00. The summed E-state index contributed by atoms with van der Waals surface area (Å²) in [6, 6.07) is 15.1. The van der Waals surface area contributed by atoms with Gasteiger partial charge in [-0.1, -0.05) is 42.1 Å². The second kappa shape index (κ2) is 7.54. The predicted molar refractivity (Wildman–Crippen MR) is 116 cm³/mol. The average Bonchev–Trinajstić information content (AvgIpc) is 3.41. The van der Waals surface area contributed by atoms with Gasteiger partial charge >= 0.3 is 0 Å². The van der Waals surface area contributed by atoms with E-state index in [0.29, 0.717) is 16.5 Å². The van der Waals surface area contributed by atoms with Gasteiger partial charge in [-0.05, 0) is 56.9 Å². The highest BCUT2D eigenvalue weighted by Crippen LogP contribution is 2.42. The molecule has 0 radical (unpaired) electrons. The number of amides is 1. The Hall–Kier alpha value is -2.67. The molecule has 2 heterocycles. The third-order valence-electron chi connectivity index (χ3n) is 5.77. The van der Waals surface area contributed by atoms with Crippen molar-refractivity contribution in [2.45, 2.75) is 55.6 Å². The molecule has 0 bridgehead atoms. The van der Waals surface area contributed by atoms with Crippen LogP contribution in [-0.2, 0) is 11.2 Å². The maximum Gasteiger partial charge on any atom is 0.240 e. The Morgan fingerprint density at radius 3 is 2.63 bits per heavy atom. The van der Waals surface area contributed by atoms with Crippen LogP contribution in [0.3, 0.4) is 0 Å². The van der Waals surface area contributed by atoms with Gasteiger partial charge in [-0.3, -0.25) is 9.36 Å². The molecule has 0 N–H and O–H groups in total. The number of rotatable bonds is 5. The lowest BCUT2D eigenvalue weighted by atomic mass is 10.1. The Morgan fingerprint density at radius 2 is 1.87 bits per heavy atom. The lowest BCUT2D eigenvalue weighted by molar-refractivity contribution is -0.118. The molecule has 2 aliphatic rings. The van der Waals surface area contributed by atoms with E-state index in [9.17, 15) is 9.18 Å². The fourth-order valence-electron chi connectivity index (χ4n) is 4.15. The standard InChI is InChI=1S/C23H23FN4OS/c1-14-13-16-7-3-6-10-20(16)27(14)22(29)15(2)30-23-26-25-21(28(23)17-11-12-17)18-8-4-5-9-19(18)24/h3-10,14-15,17H,11-13H2,1-2H3/t14-,15+/m0/s1. The largest absolute Gasteiger partial charge is 0.308 e. The summed E-state index contributed by atoms with van der Waals surface area (Å²) in [6.45, 7) is 3.99. The summed E-state index contributed by atoms with van der Waals surface area (Å²) in [7, 11) is 0. The van der Waals surface area contributed by atoms with Crippen LogP contribution in [0.1, 0.15) is 38.3 Å². The van der Waals surface area contributed by atoms with Gasteiger partial charge in [0.2, 0.25) is 5.91 Å². The zero-order valence-corrected chi connectivity index (χ0v) is 17.8. The van der Waals surface area contributed by atoms with Gasteiger partial charge in [0.05, 0.1) is 10.8 Å². The monoisotopic (exact) mass is 422 g/mol. The van der Waals surface area contributed by atoms with Crippen molar-refractivity contribution in [1.82, 2.24) is 14.8 Å². The molecule has 1 amide bonds. The number of halogens is 1. The van der Waals surface area contributed by atoms with Crippen molar-refractivity contribution in [3.63, 3.8) is 0 Å². The average molecular weight is 423 g/mol. The number of nitrogens with zero attached hydrogens (tertiary/aromatic N) is 4. The van der Waals surface area contributed by atoms with E-state index in [4.69, 9.17) is 0 Å². The van der Waals surface area contributed by atoms with E-state index in [1.165, 1.54) is 23.4 Å². The number of carbonyl (C=O) groups excluding carboxylic acids is 1. The lowest BCUT2D eigenvalue weighted by Gasteiger charge is -2.25. The number of para-hydroxylation sites is 1. The number of hydrogen-bond acceptors (Lipinski definition) is 4. The van der Waals surface area contributed by atoms with Crippen LogP contribution in [0, 0.1) is 5.82 Å².